The summed E-state index contributed by atoms with van der Waals surface area (Å²) in [6.45, 7) is 21.6. The molecule has 348 valence electrons. The first-order valence-electron chi connectivity index (χ1n) is 20.1. The van der Waals surface area contributed by atoms with Gasteiger partial charge in [0.1, 0.15) is 35.5 Å². The van der Waals surface area contributed by atoms with E-state index in [-0.39, 0.29) is 62.0 Å². The standard InChI is InChI=1S/2C21H30F3N3O4/c2*1-13-10-27(18(29)31-19(2,3)4)11-15(13)26-17(28)20(5,6)12-30-16-14(21(22,23)24)8-7-9-25-16/h2*7-9,13,15H,10-12H2,1-6H3,(H,26,28)/t2*13-,15-/m10/s1. The number of hydrogen-bond acceptors (Lipinski definition) is 10. The summed E-state index contributed by atoms with van der Waals surface area (Å²) in [5.41, 5.74) is -5.49. The van der Waals surface area contributed by atoms with Gasteiger partial charge in [-0.15, -0.1) is 0 Å². The van der Waals surface area contributed by atoms with Crippen molar-refractivity contribution in [3.63, 3.8) is 0 Å². The van der Waals surface area contributed by atoms with Crippen LogP contribution in [0.2, 0.25) is 0 Å². The molecule has 4 rings (SSSR count). The summed E-state index contributed by atoms with van der Waals surface area (Å²) in [5.74, 6) is -1.94. The number of halogens is 6. The fourth-order valence-corrected chi connectivity index (χ4v) is 6.06. The van der Waals surface area contributed by atoms with Gasteiger partial charge in [-0.2, -0.15) is 26.3 Å². The van der Waals surface area contributed by atoms with Gasteiger partial charge >= 0.3 is 24.5 Å². The van der Waals surface area contributed by atoms with E-state index in [1.54, 1.807) is 69.2 Å². The van der Waals surface area contributed by atoms with E-state index in [4.69, 9.17) is 18.9 Å². The lowest BCUT2D eigenvalue weighted by molar-refractivity contribution is -0.141. The summed E-state index contributed by atoms with van der Waals surface area (Å²) >= 11 is 0. The molecule has 4 amide bonds. The van der Waals surface area contributed by atoms with Gasteiger partial charge in [0.15, 0.2) is 0 Å². The minimum absolute atomic E-state index is 0.0131. The van der Waals surface area contributed by atoms with E-state index in [0.29, 0.717) is 13.1 Å². The molecule has 62 heavy (non-hydrogen) atoms. The molecule has 2 saturated heterocycles. The number of carbonyl (C=O) groups excluding carboxylic acids is 4. The first-order chi connectivity index (χ1) is 28.2. The van der Waals surface area contributed by atoms with E-state index in [2.05, 4.69) is 20.6 Å². The smallest absolute Gasteiger partial charge is 0.421 e. The lowest BCUT2D eigenvalue weighted by Crippen LogP contribution is -2.48. The zero-order valence-electron chi connectivity index (χ0n) is 37.3. The average Bonchev–Trinajstić information content (AvgIpc) is 3.69. The molecule has 2 fully saturated rings. The number of rotatable bonds is 10. The van der Waals surface area contributed by atoms with Crippen molar-refractivity contribution in [3.05, 3.63) is 47.8 Å². The molecule has 0 radical (unpaired) electrons. The second kappa shape index (κ2) is 19.6. The second-order valence-electron chi connectivity index (χ2n) is 18.9. The lowest BCUT2D eigenvalue weighted by atomic mass is 9.92. The van der Waals surface area contributed by atoms with E-state index in [0.717, 1.165) is 12.1 Å². The Hall–Kier alpha value is -5.04. The number of alkyl halides is 6. The Balaban J connectivity index is 0.000000330. The molecule has 14 nitrogen and oxygen atoms in total. The minimum atomic E-state index is -4.61. The van der Waals surface area contributed by atoms with E-state index < -0.39 is 69.5 Å². The number of nitrogens with zero attached hydrogens (tertiary/aromatic N) is 4. The topological polar surface area (TPSA) is 162 Å². The third-order valence-corrected chi connectivity index (χ3v) is 9.68. The normalized spacial score (nSPS) is 19.8. The average molecular weight is 891 g/mol. The van der Waals surface area contributed by atoms with Gasteiger partial charge in [0, 0.05) is 38.6 Å². The Kier molecular flexibility index (Phi) is 16.2. The molecule has 4 heterocycles. The first kappa shape index (κ1) is 51.3. The summed E-state index contributed by atoms with van der Waals surface area (Å²) in [4.78, 5) is 60.5. The Morgan fingerprint density at radius 1 is 0.597 bits per heavy atom. The quantitative estimate of drug-likeness (QED) is 0.226. The molecular weight excluding hydrogens is 830 g/mol. The summed E-state index contributed by atoms with van der Waals surface area (Å²) in [5, 5.41) is 5.77. The maximum absolute atomic E-state index is 13.1. The molecule has 0 spiro atoms. The molecule has 2 aliphatic heterocycles. The van der Waals surface area contributed by atoms with Crippen LogP contribution < -0.4 is 20.1 Å². The van der Waals surface area contributed by atoms with Crippen LogP contribution in [0.4, 0.5) is 35.9 Å². The number of amides is 4. The number of nitrogens with one attached hydrogen (secondary N) is 2. The number of ether oxygens (including phenoxy) is 4. The summed E-state index contributed by atoms with van der Waals surface area (Å²) in [7, 11) is 0. The van der Waals surface area contributed by atoms with Crippen LogP contribution in [0, 0.1) is 22.7 Å². The van der Waals surface area contributed by atoms with Crippen molar-refractivity contribution in [2.24, 2.45) is 22.7 Å². The Morgan fingerprint density at radius 3 is 1.21 bits per heavy atom. The summed E-state index contributed by atoms with van der Waals surface area (Å²) in [6, 6.07) is 3.48. The van der Waals surface area contributed by atoms with E-state index in [1.165, 1.54) is 34.3 Å². The van der Waals surface area contributed by atoms with Crippen molar-refractivity contribution in [2.75, 3.05) is 39.4 Å². The molecule has 0 unspecified atom stereocenters. The zero-order valence-corrected chi connectivity index (χ0v) is 37.3. The molecule has 4 atom stereocenters. The van der Waals surface area contributed by atoms with Crippen LogP contribution in [0.3, 0.4) is 0 Å². The van der Waals surface area contributed by atoms with Crippen LogP contribution in [-0.2, 0) is 31.4 Å². The molecule has 0 bridgehead atoms. The van der Waals surface area contributed by atoms with E-state index >= 15 is 0 Å². The van der Waals surface area contributed by atoms with Crippen molar-refractivity contribution in [1.82, 2.24) is 30.4 Å². The van der Waals surface area contributed by atoms with Gasteiger partial charge in [-0.3, -0.25) is 9.59 Å². The Morgan fingerprint density at radius 2 is 0.919 bits per heavy atom. The molecule has 0 aliphatic carbocycles. The Labute approximate surface area is 358 Å². The second-order valence-corrected chi connectivity index (χ2v) is 18.9. The number of aromatic nitrogens is 2. The zero-order chi connectivity index (χ0) is 47.2. The third-order valence-electron chi connectivity index (χ3n) is 9.68. The van der Waals surface area contributed by atoms with Crippen molar-refractivity contribution in [2.45, 2.75) is 119 Å². The van der Waals surface area contributed by atoms with Gasteiger partial charge in [-0.05, 0) is 105 Å². The molecule has 2 aromatic heterocycles. The maximum Gasteiger partial charge on any atom is 0.421 e. The number of hydrogen-bond donors (Lipinski definition) is 2. The Bertz CT molecular complexity index is 1750. The maximum atomic E-state index is 13.1. The van der Waals surface area contributed by atoms with Crippen LogP contribution in [0.5, 0.6) is 11.8 Å². The van der Waals surface area contributed by atoms with Gasteiger partial charge in [0.2, 0.25) is 23.6 Å². The van der Waals surface area contributed by atoms with Crippen LogP contribution >= 0.6 is 0 Å². The highest BCUT2D eigenvalue weighted by Crippen LogP contribution is 2.37. The third kappa shape index (κ3) is 15.1. The van der Waals surface area contributed by atoms with Crippen molar-refractivity contribution in [1.29, 1.82) is 0 Å². The SMILES string of the molecule is C[C@@H]1CN(C(=O)OC(C)(C)C)C[C@H]1NC(=O)C(C)(C)COc1ncccc1C(F)(F)F.C[C@H]1CN(C(=O)OC(C)(C)C)C[C@@H]1NC(=O)C(C)(C)COc1ncccc1C(F)(F)F. The van der Waals surface area contributed by atoms with Crippen LogP contribution in [0.1, 0.15) is 94.2 Å². The van der Waals surface area contributed by atoms with Gasteiger partial charge in [-0.1, -0.05) is 13.8 Å². The number of likely N-dealkylation sites (tertiary alicyclic amines) is 2. The summed E-state index contributed by atoms with van der Waals surface area (Å²) < 4.78 is 99.9. The van der Waals surface area contributed by atoms with Crippen molar-refractivity contribution in [3.8, 4) is 11.8 Å². The largest absolute Gasteiger partial charge is 0.476 e. The number of pyridine rings is 2. The highest BCUT2D eigenvalue weighted by Gasteiger charge is 2.42. The first-order valence-corrected chi connectivity index (χ1v) is 20.1. The van der Waals surface area contributed by atoms with E-state index in [1.807, 2.05) is 13.8 Å². The highest BCUT2D eigenvalue weighted by molar-refractivity contribution is 5.83. The molecule has 2 aliphatic rings. The molecule has 0 aromatic carbocycles. The van der Waals surface area contributed by atoms with Crippen LogP contribution in [0.15, 0.2) is 36.7 Å². The van der Waals surface area contributed by atoms with Crippen LogP contribution in [-0.4, -0.2) is 106 Å². The molecular formula is C42H60F6N6O8. The molecule has 0 saturated carbocycles. The predicted octanol–water partition coefficient (Wildman–Crippen LogP) is 7.75. The number of carbonyl (C=O) groups is 4. The van der Waals surface area contributed by atoms with E-state index in [9.17, 15) is 45.5 Å². The van der Waals surface area contributed by atoms with Gasteiger partial charge in [-0.25, -0.2) is 19.6 Å². The molecule has 20 heteroatoms. The lowest BCUT2D eigenvalue weighted by Gasteiger charge is -2.27. The highest BCUT2D eigenvalue weighted by atomic mass is 19.4. The summed E-state index contributed by atoms with van der Waals surface area (Å²) in [6.07, 6.45) is -7.73. The predicted molar refractivity (Wildman–Crippen MR) is 215 cm³/mol. The molecule has 2 aromatic rings. The van der Waals surface area contributed by atoms with Gasteiger partial charge in [0.25, 0.3) is 0 Å². The minimum Gasteiger partial charge on any atom is -0.476 e. The van der Waals surface area contributed by atoms with Crippen molar-refractivity contribution >= 4 is 24.0 Å². The van der Waals surface area contributed by atoms with Crippen molar-refractivity contribution < 1.29 is 64.5 Å². The fraction of sp³-hybridized carbons (Fsp3) is 0.667. The molecule has 2 N–H and O–H groups in total. The fourth-order valence-electron chi connectivity index (χ4n) is 6.06. The monoisotopic (exact) mass is 890 g/mol. The van der Waals surface area contributed by atoms with Gasteiger partial charge < -0.3 is 39.4 Å². The van der Waals surface area contributed by atoms with Crippen LogP contribution in [0.25, 0.3) is 0 Å². The van der Waals surface area contributed by atoms with Gasteiger partial charge in [0.05, 0.1) is 22.9 Å².